The molecule has 3 nitrogen and oxygen atoms in total. The second-order valence-corrected chi connectivity index (χ2v) is 4.05. The van der Waals surface area contributed by atoms with Crippen LogP contribution in [0, 0.1) is 11.3 Å². The molecule has 0 N–H and O–H groups in total. The number of hydrogen-bond acceptors (Lipinski definition) is 3. The van der Waals surface area contributed by atoms with Crippen molar-refractivity contribution < 1.29 is 18.3 Å². The van der Waals surface area contributed by atoms with Gasteiger partial charge in [0.15, 0.2) is 0 Å². The quantitative estimate of drug-likeness (QED) is 0.807. The van der Waals surface area contributed by atoms with E-state index in [2.05, 4.69) is 20.7 Å². The topological polar surface area (TPSA) is 50.1 Å². The predicted molar refractivity (Wildman–Crippen MR) is 59.5 cm³/mol. The van der Waals surface area contributed by atoms with Crippen LogP contribution < -0.4 is 0 Å². The van der Waals surface area contributed by atoms with Gasteiger partial charge in [0, 0.05) is 10.0 Å². The highest BCUT2D eigenvalue weighted by atomic mass is 79.9. The fourth-order valence-corrected chi connectivity index (χ4v) is 1.78. The Kier molecular flexibility index (Phi) is 4.58. The van der Waals surface area contributed by atoms with E-state index in [4.69, 9.17) is 5.26 Å². The lowest BCUT2D eigenvalue weighted by Gasteiger charge is -2.08. The molecule has 0 unspecified atom stereocenters. The van der Waals surface area contributed by atoms with E-state index in [1.54, 1.807) is 6.07 Å². The van der Waals surface area contributed by atoms with Gasteiger partial charge in [-0.15, -0.1) is 0 Å². The molecule has 0 spiro atoms. The first-order valence-electron chi connectivity index (χ1n) is 4.57. The van der Waals surface area contributed by atoms with Crippen LogP contribution in [0.5, 0.6) is 0 Å². The summed E-state index contributed by atoms with van der Waals surface area (Å²) in [6.07, 6.45) is -2.80. The first-order chi connectivity index (χ1) is 7.99. The Hall–Kier alpha value is -1.48. The minimum Gasteiger partial charge on any atom is -0.469 e. The van der Waals surface area contributed by atoms with E-state index in [0.29, 0.717) is 10.0 Å². The van der Waals surface area contributed by atoms with E-state index >= 15 is 0 Å². The van der Waals surface area contributed by atoms with Gasteiger partial charge in [0.1, 0.15) is 0 Å². The number of ether oxygens (including phenoxy) is 1. The van der Waals surface area contributed by atoms with Crippen LogP contribution in [0.25, 0.3) is 0 Å². The van der Waals surface area contributed by atoms with E-state index in [-0.39, 0.29) is 17.5 Å². The van der Waals surface area contributed by atoms with Crippen LogP contribution in [0.1, 0.15) is 23.1 Å². The normalized spacial score (nSPS) is 10.1. The molecule has 0 aliphatic rings. The average Bonchev–Trinajstić information content (AvgIpc) is 2.30. The molecule has 0 heterocycles. The molecule has 1 aromatic carbocycles. The zero-order valence-corrected chi connectivity index (χ0v) is 10.4. The van der Waals surface area contributed by atoms with E-state index < -0.39 is 12.4 Å². The highest BCUT2D eigenvalue weighted by Gasteiger charge is 2.17. The van der Waals surface area contributed by atoms with Crippen molar-refractivity contribution >= 4 is 21.9 Å². The predicted octanol–water partition coefficient (Wildman–Crippen LogP) is 2.97. The smallest absolute Gasteiger partial charge is 0.310 e. The maximum atomic E-state index is 12.6. The second kappa shape index (κ2) is 5.73. The number of alkyl halides is 2. The monoisotopic (exact) mass is 303 g/mol. The van der Waals surface area contributed by atoms with Crippen LogP contribution in [0.3, 0.4) is 0 Å². The Bertz CT molecular complexity index is 483. The van der Waals surface area contributed by atoms with Gasteiger partial charge in [-0.05, 0) is 17.7 Å². The number of carbonyl (C=O) groups is 1. The Balaban J connectivity index is 3.19. The van der Waals surface area contributed by atoms with Gasteiger partial charge in [-0.3, -0.25) is 4.79 Å². The van der Waals surface area contributed by atoms with Gasteiger partial charge in [0.2, 0.25) is 0 Å². The number of nitrogens with zero attached hydrogens (tertiary/aromatic N) is 1. The molecule has 0 aliphatic carbocycles. The third-order valence-electron chi connectivity index (χ3n) is 2.14. The van der Waals surface area contributed by atoms with Gasteiger partial charge in [-0.25, -0.2) is 8.78 Å². The molecule has 1 aromatic rings. The second-order valence-electron chi connectivity index (χ2n) is 3.20. The molecule has 0 fully saturated rings. The minimum atomic E-state index is -2.73. The lowest BCUT2D eigenvalue weighted by atomic mass is 10.0. The molecular weight excluding hydrogens is 296 g/mol. The molecule has 6 heteroatoms. The van der Waals surface area contributed by atoms with Crippen LogP contribution in [0.15, 0.2) is 16.6 Å². The fraction of sp³-hybridized carbons (Fsp3) is 0.273. The third kappa shape index (κ3) is 3.24. The molecule has 0 saturated carbocycles. The SMILES string of the molecule is COC(=O)Cc1cc(C#N)c(C(F)F)cc1Br. The third-order valence-corrected chi connectivity index (χ3v) is 2.87. The number of methoxy groups -OCH3 is 1. The Labute approximate surface area is 105 Å². The van der Waals surface area contributed by atoms with Crippen LogP contribution in [-0.4, -0.2) is 13.1 Å². The Morgan fingerprint density at radius 2 is 2.24 bits per heavy atom. The zero-order valence-electron chi connectivity index (χ0n) is 8.84. The maximum absolute atomic E-state index is 12.6. The minimum absolute atomic E-state index is 0.0741. The van der Waals surface area contributed by atoms with E-state index in [1.165, 1.54) is 13.2 Å². The molecule has 0 aliphatic heterocycles. The van der Waals surface area contributed by atoms with Crippen LogP contribution in [0.4, 0.5) is 8.78 Å². The summed E-state index contributed by atoms with van der Waals surface area (Å²) < 4.78 is 30.0. The molecule has 0 saturated heterocycles. The molecule has 0 bridgehead atoms. The molecule has 0 aromatic heterocycles. The highest BCUT2D eigenvalue weighted by Crippen LogP contribution is 2.29. The van der Waals surface area contributed by atoms with Gasteiger partial charge in [-0.1, -0.05) is 15.9 Å². The summed E-state index contributed by atoms with van der Waals surface area (Å²) in [6.45, 7) is 0. The van der Waals surface area contributed by atoms with Crippen molar-refractivity contribution in [1.29, 1.82) is 5.26 Å². The van der Waals surface area contributed by atoms with Gasteiger partial charge in [0.25, 0.3) is 6.43 Å². The molecule has 0 radical (unpaired) electrons. The summed E-state index contributed by atoms with van der Waals surface area (Å²) in [7, 11) is 1.23. The average molecular weight is 304 g/mol. The number of rotatable bonds is 3. The number of carbonyl (C=O) groups excluding carboxylic acids is 1. The van der Waals surface area contributed by atoms with E-state index in [9.17, 15) is 13.6 Å². The molecular formula is C11H8BrF2NO2. The number of halogens is 3. The maximum Gasteiger partial charge on any atom is 0.310 e. The summed E-state index contributed by atoms with van der Waals surface area (Å²) in [5.41, 5.74) is -0.0482. The van der Waals surface area contributed by atoms with Gasteiger partial charge >= 0.3 is 5.97 Å². The molecule has 0 amide bonds. The lowest BCUT2D eigenvalue weighted by molar-refractivity contribution is -0.139. The molecule has 90 valence electrons. The number of nitriles is 1. The number of hydrogen-bond donors (Lipinski definition) is 0. The Morgan fingerprint density at radius 3 is 2.71 bits per heavy atom. The van der Waals surface area contributed by atoms with E-state index in [1.807, 2.05) is 0 Å². The van der Waals surface area contributed by atoms with Crippen molar-refractivity contribution in [1.82, 2.24) is 0 Å². The summed E-state index contributed by atoms with van der Waals surface area (Å²) in [5.74, 6) is -0.501. The summed E-state index contributed by atoms with van der Waals surface area (Å²) >= 11 is 3.09. The van der Waals surface area contributed by atoms with Crippen molar-refractivity contribution in [3.63, 3.8) is 0 Å². The van der Waals surface area contributed by atoms with Crippen molar-refractivity contribution in [3.8, 4) is 6.07 Å². The summed E-state index contributed by atoms with van der Waals surface area (Å²) in [4.78, 5) is 11.1. The van der Waals surface area contributed by atoms with E-state index in [0.717, 1.165) is 6.07 Å². The fourth-order valence-electron chi connectivity index (χ4n) is 1.27. The first-order valence-corrected chi connectivity index (χ1v) is 5.36. The highest BCUT2D eigenvalue weighted by molar-refractivity contribution is 9.10. The van der Waals surface area contributed by atoms with Crippen molar-refractivity contribution in [2.45, 2.75) is 12.8 Å². The standard InChI is InChI=1S/C11H8BrF2NO2/c1-17-10(16)3-6-2-7(5-15)8(11(13)14)4-9(6)12/h2,4,11H,3H2,1H3. The Morgan fingerprint density at radius 1 is 1.59 bits per heavy atom. The van der Waals surface area contributed by atoms with Crippen molar-refractivity contribution in [2.75, 3.05) is 7.11 Å². The lowest BCUT2D eigenvalue weighted by Crippen LogP contribution is -2.06. The van der Waals surface area contributed by atoms with Crippen molar-refractivity contribution in [3.05, 3.63) is 33.3 Å². The first kappa shape index (κ1) is 13.6. The number of esters is 1. The largest absolute Gasteiger partial charge is 0.469 e. The van der Waals surface area contributed by atoms with Gasteiger partial charge in [-0.2, -0.15) is 5.26 Å². The number of benzene rings is 1. The van der Waals surface area contributed by atoms with Crippen LogP contribution in [0.2, 0.25) is 0 Å². The molecule has 17 heavy (non-hydrogen) atoms. The zero-order chi connectivity index (χ0) is 13.0. The van der Waals surface area contributed by atoms with Crippen LogP contribution >= 0.6 is 15.9 Å². The summed E-state index contributed by atoms with van der Waals surface area (Å²) in [6, 6.07) is 4.10. The molecule has 1 rings (SSSR count). The van der Waals surface area contributed by atoms with Gasteiger partial charge in [0.05, 0.1) is 25.2 Å². The van der Waals surface area contributed by atoms with Crippen molar-refractivity contribution in [2.24, 2.45) is 0 Å². The van der Waals surface area contributed by atoms with Gasteiger partial charge < -0.3 is 4.74 Å². The van der Waals surface area contributed by atoms with Crippen LogP contribution in [-0.2, 0) is 16.0 Å². The summed E-state index contributed by atoms with van der Waals surface area (Å²) in [5, 5.41) is 8.76. The molecule has 0 atom stereocenters.